The molecule has 0 unspecified atom stereocenters. The zero-order valence-corrected chi connectivity index (χ0v) is 11.5. The highest BCUT2D eigenvalue weighted by molar-refractivity contribution is 6.84. The van der Waals surface area contributed by atoms with Gasteiger partial charge in [0.1, 0.15) is 0 Å². The van der Waals surface area contributed by atoms with E-state index in [4.69, 9.17) is 0 Å². The number of hydrogen-bond donors (Lipinski definition) is 0. The normalized spacial score (nSPS) is 10.0. The highest BCUT2D eigenvalue weighted by Gasteiger charge is 2.17. The van der Waals surface area contributed by atoms with Crippen LogP contribution < -0.4 is 0 Å². The molecule has 0 spiro atoms. The van der Waals surface area contributed by atoms with Crippen molar-refractivity contribution in [2.75, 3.05) is 0 Å². The average Bonchev–Trinajstić information content (AvgIpc) is 2.19. The van der Waals surface area contributed by atoms with Crippen molar-refractivity contribution in [2.45, 2.75) is 26.6 Å². The zero-order valence-electron chi connectivity index (χ0n) is 10.5. The third-order valence-electron chi connectivity index (χ3n) is 2.31. The molecule has 1 heteroatoms. The molecule has 0 atom stereocenters. The van der Waals surface area contributed by atoms with Crippen LogP contribution in [-0.4, -0.2) is 8.07 Å². The quantitative estimate of drug-likeness (QED) is 0.386. The minimum absolute atomic E-state index is 1.05. The molecule has 16 heavy (non-hydrogen) atoms. The second kappa shape index (κ2) is 5.03. The molecule has 0 aromatic heterocycles. The fourth-order valence-corrected chi connectivity index (χ4v) is 2.24. The largest absolute Gasteiger partial charge is 0.121 e. The Morgan fingerprint density at radius 1 is 1.12 bits per heavy atom. The molecule has 0 aliphatic rings. The summed E-state index contributed by atoms with van der Waals surface area (Å²) in [6, 6.07) is 8.26. The molecule has 0 aliphatic carbocycles. The van der Waals surface area contributed by atoms with Gasteiger partial charge in [-0.05, 0) is 19.1 Å². The monoisotopic (exact) mass is 226 g/mol. The summed E-state index contributed by atoms with van der Waals surface area (Å²) in [5.74, 6) is 6.37. The fraction of sp³-hybridized carbons (Fsp3) is 0.267. The zero-order chi connectivity index (χ0) is 12.2. The van der Waals surface area contributed by atoms with Crippen LogP contribution in [0, 0.1) is 18.8 Å². The summed E-state index contributed by atoms with van der Waals surface area (Å²) in [5.41, 5.74) is 5.29. The van der Waals surface area contributed by atoms with E-state index in [1.165, 1.54) is 5.56 Å². The molecular formula is C15H18Si. The second-order valence-electron chi connectivity index (χ2n) is 4.92. The third kappa shape index (κ3) is 3.59. The van der Waals surface area contributed by atoms with E-state index >= 15 is 0 Å². The van der Waals surface area contributed by atoms with Crippen LogP contribution in [0.3, 0.4) is 0 Å². The minimum Gasteiger partial charge on any atom is -0.121 e. The summed E-state index contributed by atoms with van der Waals surface area (Å²) >= 11 is 0. The van der Waals surface area contributed by atoms with Gasteiger partial charge in [0.25, 0.3) is 0 Å². The number of aryl methyl sites for hydroxylation is 1. The highest BCUT2D eigenvalue weighted by atomic mass is 28.3. The van der Waals surface area contributed by atoms with Gasteiger partial charge in [-0.2, -0.15) is 0 Å². The Labute approximate surface area is 99.7 Å². The van der Waals surface area contributed by atoms with Gasteiger partial charge in [0.15, 0.2) is 0 Å². The maximum atomic E-state index is 3.72. The van der Waals surface area contributed by atoms with Gasteiger partial charge in [-0.15, -0.1) is 5.73 Å². The van der Waals surface area contributed by atoms with Crippen LogP contribution in [0.2, 0.25) is 19.6 Å². The second-order valence-corrected chi connectivity index (χ2v) is 9.92. The van der Waals surface area contributed by atoms with Gasteiger partial charge in [-0.3, -0.25) is 0 Å². The highest BCUT2D eigenvalue weighted by Crippen LogP contribution is 2.12. The van der Waals surface area contributed by atoms with Crippen LogP contribution in [0.1, 0.15) is 11.1 Å². The number of hydrogen-bond acceptors (Lipinski definition) is 0. The molecule has 0 heterocycles. The molecule has 0 nitrogen and oxygen atoms in total. The van der Waals surface area contributed by atoms with E-state index in [1.807, 2.05) is 12.1 Å². The molecule has 0 fully saturated rings. The van der Waals surface area contributed by atoms with Gasteiger partial charge in [0.2, 0.25) is 0 Å². The number of allylic oxidation sites excluding steroid dienone is 1. The van der Waals surface area contributed by atoms with Gasteiger partial charge in [-0.25, -0.2) is 0 Å². The van der Waals surface area contributed by atoms with Gasteiger partial charge >= 0.3 is 0 Å². The summed E-state index contributed by atoms with van der Waals surface area (Å²) in [4.78, 5) is 0. The molecule has 0 bridgehead atoms. The summed E-state index contributed by atoms with van der Waals surface area (Å²) in [6.45, 7) is 12.6. The van der Waals surface area contributed by atoms with Crippen molar-refractivity contribution in [3.05, 3.63) is 52.9 Å². The molecule has 0 N–H and O–H groups in total. The van der Waals surface area contributed by atoms with Crippen LogP contribution in [0.4, 0.5) is 0 Å². The molecule has 0 amide bonds. The first-order valence-corrected chi connectivity index (χ1v) is 8.92. The molecule has 0 saturated carbocycles. The van der Waals surface area contributed by atoms with Crippen molar-refractivity contribution >= 4 is 8.07 Å². The SMILES string of the molecule is C=C=C(C#Cc1ccc(C)cc1)[Si](C)(C)C. The predicted molar refractivity (Wildman–Crippen MR) is 74.1 cm³/mol. The Morgan fingerprint density at radius 2 is 1.69 bits per heavy atom. The Hall–Kier alpha value is -1.48. The van der Waals surface area contributed by atoms with Crippen LogP contribution in [0.15, 0.2) is 41.8 Å². The van der Waals surface area contributed by atoms with E-state index in [2.05, 4.69) is 62.8 Å². The van der Waals surface area contributed by atoms with Crippen molar-refractivity contribution in [3.8, 4) is 11.8 Å². The number of benzene rings is 1. The average molecular weight is 226 g/mol. The van der Waals surface area contributed by atoms with Crippen molar-refractivity contribution in [1.82, 2.24) is 0 Å². The van der Waals surface area contributed by atoms with E-state index in [9.17, 15) is 0 Å². The lowest BCUT2D eigenvalue weighted by Crippen LogP contribution is -2.22. The van der Waals surface area contributed by atoms with E-state index in [-0.39, 0.29) is 0 Å². The maximum absolute atomic E-state index is 3.72. The molecule has 1 rings (SSSR count). The van der Waals surface area contributed by atoms with Gasteiger partial charge in [-0.1, -0.05) is 55.8 Å². The van der Waals surface area contributed by atoms with Gasteiger partial charge < -0.3 is 0 Å². The Kier molecular flexibility index (Phi) is 3.96. The smallest absolute Gasteiger partial charge is 0.0984 e. The van der Waals surface area contributed by atoms with Gasteiger partial charge in [0.05, 0.1) is 8.07 Å². The minimum atomic E-state index is -1.38. The van der Waals surface area contributed by atoms with Crippen LogP contribution in [0.25, 0.3) is 0 Å². The molecule has 0 aliphatic heterocycles. The lowest BCUT2D eigenvalue weighted by Gasteiger charge is -2.12. The van der Waals surface area contributed by atoms with E-state index in [0.717, 1.165) is 10.8 Å². The molecule has 0 radical (unpaired) electrons. The Bertz CT molecular complexity index is 469. The van der Waals surface area contributed by atoms with Crippen molar-refractivity contribution in [2.24, 2.45) is 0 Å². The Balaban J connectivity index is 2.98. The first-order valence-electron chi connectivity index (χ1n) is 5.42. The van der Waals surface area contributed by atoms with Crippen molar-refractivity contribution in [3.63, 3.8) is 0 Å². The molecule has 1 aromatic carbocycles. The topological polar surface area (TPSA) is 0 Å². The fourth-order valence-electron chi connectivity index (χ4n) is 1.27. The van der Waals surface area contributed by atoms with Crippen LogP contribution >= 0.6 is 0 Å². The molecular weight excluding hydrogens is 208 g/mol. The summed E-state index contributed by atoms with van der Waals surface area (Å²) in [5, 5.41) is 1.09. The Morgan fingerprint density at radius 3 is 2.12 bits per heavy atom. The number of rotatable bonds is 1. The van der Waals surface area contributed by atoms with Crippen molar-refractivity contribution < 1.29 is 0 Å². The lowest BCUT2D eigenvalue weighted by molar-refractivity contribution is 1.46. The van der Waals surface area contributed by atoms with E-state index < -0.39 is 8.07 Å². The van der Waals surface area contributed by atoms with E-state index in [0.29, 0.717) is 0 Å². The first kappa shape index (κ1) is 12.6. The summed E-state index contributed by atoms with van der Waals surface area (Å²) in [6.07, 6.45) is 0. The van der Waals surface area contributed by atoms with E-state index in [1.54, 1.807) is 0 Å². The van der Waals surface area contributed by atoms with Crippen LogP contribution in [-0.2, 0) is 0 Å². The van der Waals surface area contributed by atoms with Crippen LogP contribution in [0.5, 0.6) is 0 Å². The first-order chi connectivity index (χ1) is 7.43. The summed E-state index contributed by atoms with van der Waals surface area (Å²) < 4.78 is 0. The third-order valence-corrected chi connectivity index (χ3v) is 4.11. The maximum Gasteiger partial charge on any atom is 0.0984 e. The lowest BCUT2D eigenvalue weighted by atomic mass is 10.1. The summed E-state index contributed by atoms with van der Waals surface area (Å²) in [7, 11) is -1.38. The van der Waals surface area contributed by atoms with Crippen molar-refractivity contribution in [1.29, 1.82) is 0 Å². The predicted octanol–water partition coefficient (Wildman–Crippen LogP) is 3.94. The molecule has 82 valence electrons. The molecule has 1 aromatic rings. The van der Waals surface area contributed by atoms with Gasteiger partial charge in [0, 0.05) is 10.8 Å². The molecule has 0 saturated heterocycles. The standard InChI is InChI=1S/C15H18Si/c1-6-15(16(3,4)5)12-11-14-9-7-13(2)8-10-14/h7-10H,1H2,2-5H3.